The van der Waals surface area contributed by atoms with Crippen molar-refractivity contribution in [2.75, 3.05) is 6.54 Å². The molecular formula is C26H22ClN3O2. The van der Waals surface area contributed by atoms with Gasteiger partial charge in [0, 0.05) is 40.8 Å². The Kier molecular flexibility index (Phi) is 5.41. The number of nitrogens with zero attached hydrogens (tertiary/aromatic N) is 1. The number of halogens is 1. The molecule has 1 unspecified atom stereocenters. The van der Waals surface area contributed by atoms with Crippen LogP contribution in [0.3, 0.4) is 0 Å². The van der Waals surface area contributed by atoms with Gasteiger partial charge >= 0.3 is 0 Å². The first kappa shape index (κ1) is 20.3. The van der Waals surface area contributed by atoms with Crippen LogP contribution in [0.15, 0.2) is 79.0 Å². The Bertz CT molecular complexity index is 1300. The summed E-state index contributed by atoms with van der Waals surface area (Å²) >= 11 is 6.09. The summed E-state index contributed by atoms with van der Waals surface area (Å²) in [5, 5.41) is 4.75. The molecule has 0 fully saturated rings. The number of hydrogen-bond donors (Lipinski definition) is 2. The molecule has 5 nitrogen and oxygen atoms in total. The first-order valence-corrected chi connectivity index (χ1v) is 11.0. The minimum absolute atomic E-state index is 0.108. The zero-order valence-corrected chi connectivity index (χ0v) is 18.1. The molecule has 4 aromatic rings. The molecule has 0 bridgehead atoms. The lowest BCUT2D eigenvalue weighted by molar-refractivity contribution is -0.125. The van der Waals surface area contributed by atoms with Crippen LogP contribution >= 0.6 is 11.6 Å². The number of carbonyl (C=O) groups excluding carboxylic acids is 2. The number of fused-ring (bicyclic) bond motifs is 2. The van der Waals surface area contributed by atoms with Gasteiger partial charge in [0.1, 0.15) is 6.04 Å². The number of aromatic nitrogens is 1. The topological polar surface area (TPSA) is 65.2 Å². The molecule has 2 N–H and O–H groups in total. The number of H-pyrrole nitrogens is 1. The minimum atomic E-state index is -0.637. The van der Waals surface area contributed by atoms with E-state index in [0.29, 0.717) is 30.1 Å². The maximum atomic E-state index is 13.2. The summed E-state index contributed by atoms with van der Waals surface area (Å²) in [4.78, 5) is 31.3. The van der Waals surface area contributed by atoms with Crippen molar-refractivity contribution >= 4 is 34.3 Å². The molecule has 32 heavy (non-hydrogen) atoms. The monoisotopic (exact) mass is 443 g/mol. The van der Waals surface area contributed by atoms with E-state index in [1.807, 2.05) is 72.9 Å². The zero-order valence-electron chi connectivity index (χ0n) is 17.3. The van der Waals surface area contributed by atoms with Gasteiger partial charge in [-0.25, -0.2) is 0 Å². The van der Waals surface area contributed by atoms with Gasteiger partial charge in [-0.1, -0.05) is 66.2 Å². The van der Waals surface area contributed by atoms with Crippen LogP contribution in [0.5, 0.6) is 0 Å². The maximum Gasteiger partial charge on any atom is 0.255 e. The van der Waals surface area contributed by atoms with Crippen LogP contribution in [-0.4, -0.2) is 28.2 Å². The SMILES string of the molecule is O=C(NCc1ccccc1)C1c2ccccc2C(=O)N1CCc1c[nH]c2cc(Cl)ccc12. The Hall–Kier alpha value is -3.57. The molecule has 3 aromatic carbocycles. The van der Waals surface area contributed by atoms with Crippen molar-refractivity contribution in [2.24, 2.45) is 0 Å². The maximum absolute atomic E-state index is 13.2. The predicted molar refractivity (Wildman–Crippen MR) is 126 cm³/mol. The molecule has 0 aliphatic carbocycles. The van der Waals surface area contributed by atoms with Crippen molar-refractivity contribution in [3.8, 4) is 0 Å². The quantitative estimate of drug-likeness (QED) is 0.446. The lowest BCUT2D eigenvalue weighted by Crippen LogP contribution is -2.39. The molecule has 1 aliphatic heterocycles. The summed E-state index contributed by atoms with van der Waals surface area (Å²) < 4.78 is 0. The summed E-state index contributed by atoms with van der Waals surface area (Å²) in [5.74, 6) is -0.277. The molecule has 0 saturated carbocycles. The van der Waals surface area contributed by atoms with Crippen LogP contribution in [0.25, 0.3) is 10.9 Å². The van der Waals surface area contributed by atoms with E-state index in [9.17, 15) is 9.59 Å². The first-order valence-electron chi connectivity index (χ1n) is 10.6. The molecule has 2 amide bonds. The number of hydrogen-bond acceptors (Lipinski definition) is 2. The zero-order chi connectivity index (χ0) is 22.1. The number of aromatic amines is 1. The fourth-order valence-electron chi connectivity index (χ4n) is 4.37. The van der Waals surface area contributed by atoms with Crippen molar-refractivity contribution in [1.82, 2.24) is 15.2 Å². The molecule has 0 spiro atoms. The highest BCUT2D eigenvalue weighted by atomic mass is 35.5. The Morgan fingerprint density at radius 3 is 2.66 bits per heavy atom. The Morgan fingerprint density at radius 2 is 1.81 bits per heavy atom. The molecule has 2 heterocycles. The molecule has 160 valence electrons. The number of rotatable bonds is 6. The number of carbonyl (C=O) groups is 2. The van der Waals surface area contributed by atoms with Crippen LogP contribution in [0.4, 0.5) is 0 Å². The van der Waals surface area contributed by atoms with E-state index in [1.54, 1.807) is 11.0 Å². The molecular weight excluding hydrogens is 422 g/mol. The molecule has 0 saturated heterocycles. The second-order valence-corrected chi connectivity index (χ2v) is 8.38. The summed E-state index contributed by atoms with van der Waals surface area (Å²) in [6.07, 6.45) is 2.57. The van der Waals surface area contributed by atoms with Crippen molar-refractivity contribution < 1.29 is 9.59 Å². The molecule has 5 rings (SSSR count). The van der Waals surface area contributed by atoms with E-state index in [1.165, 1.54) is 0 Å². The van der Waals surface area contributed by atoms with Crippen LogP contribution in [0.1, 0.15) is 33.1 Å². The van der Waals surface area contributed by atoms with Gasteiger partial charge in [-0.3, -0.25) is 9.59 Å². The van der Waals surface area contributed by atoms with E-state index >= 15 is 0 Å². The smallest absolute Gasteiger partial charge is 0.255 e. The molecule has 0 radical (unpaired) electrons. The lowest BCUT2D eigenvalue weighted by atomic mass is 10.0. The predicted octanol–water partition coefficient (Wildman–Crippen LogP) is 4.88. The van der Waals surface area contributed by atoms with Gasteiger partial charge in [-0.05, 0) is 41.3 Å². The van der Waals surface area contributed by atoms with E-state index in [0.717, 1.165) is 27.6 Å². The summed E-state index contributed by atoms with van der Waals surface area (Å²) in [5.41, 5.74) is 4.42. The van der Waals surface area contributed by atoms with Gasteiger partial charge in [-0.2, -0.15) is 0 Å². The highest BCUT2D eigenvalue weighted by molar-refractivity contribution is 6.31. The third-order valence-electron chi connectivity index (χ3n) is 5.97. The first-order chi connectivity index (χ1) is 15.6. The van der Waals surface area contributed by atoms with E-state index in [-0.39, 0.29) is 11.8 Å². The van der Waals surface area contributed by atoms with Crippen molar-refractivity contribution in [1.29, 1.82) is 0 Å². The fraction of sp³-hybridized carbons (Fsp3) is 0.154. The largest absolute Gasteiger partial charge is 0.361 e. The standard InChI is InChI=1S/C26H22ClN3O2/c27-19-10-11-20-18(16-28-23(20)14-19)12-13-30-24(21-8-4-5-9-22(21)26(30)32)25(31)29-15-17-6-2-1-3-7-17/h1-11,14,16,24,28H,12-13,15H2,(H,29,31). The van der Waals surface area contributed by atoms with Gasteiger partial charge in [0.15, 0.2) is 0 Å². The average Bonchev–Trinajstić information content (AvgIpc) is 3.34. The number of nitrogens with one attached hydrogen (secondary N) is 2. The van der Waals surface area contributed by atoms with Gasteiger partial charge < -0.3 is 15.2 Å². The van der Waals surface area contributed by atoms with Crippen molar-refractivity contribution in [2.45, 2.75) is 19.0 Å². The Morgan fingerprint density at radius 1 is 1.03 bits per heavy atom. The fourth-order valence-corrected chi connectivity index (χ4v) is 4.54. The second-order valence-electron chi connectivity index (χ2n) is 7.95. The Labute approximate surface area is 191 Å². The van der Waals surface area contributed by atoms with E-state index < -0.39 is 6.04 Å². The highest BCUT2D eigenvalue weighted by Gasteiger charge is 2.40. The normalized spacial score (nSPS) is 15.2. The van der Waals surface area contributed by atoms with Crippen LogP contribution in [0.2, 0.25) is 5.02 Å². The third-order valence-corrected chi connectivity index (χ3v) is 6.20. The van der Waals surface area contributed by atoms with Gasteiger partial charge in [0.05, 0.1) is 0 Å². The van der Waals surface area contributed by atoms with Gasteiger partial charge in [-0.15, -0.1) is 0 Å². The third kappa shape index (κ3) is 3.76. The lowest BCUT2D eigenvalue weighted by Gasteiger charge is -2.24. The molecule has 6 heteroatoms. The van der Waals surface area contributed by atoms with Crippen LogP contribution in [-0.2, 0) is 17.8 Å². The number of benzene rings is 3. The van der Waals surface area contributed by atoms with Gasteiger partial charge in [0.25, 0.3) is 5.91 Å². The minimum Gasteiger partial charge on any atom is -0.361 e. The Balaban J connectivity index is 1.38. The van der Waals surface area contributed by atoms with Crippen molar-refractivity contribution in [3.05, 3.63) is 106 Å². The van der Waals surface area contributed by atoms with Crippen molar-refractivity contribution in [3.63, 3.8) is 0 Å². The van der Waals surface area contributed by atoms with Crippen LogP contribution < -0.4 is 5.32 Å². The average molecular weight is 444 g/mol. The molecule has 1 aliphatic rings. The van der Waals surface area contributed by atoms with Crippen LogP contribution in [0, 0.1) is 0 Å². The second kappa shape index (κ2) is 8.52. The summed E-state index contributed by atoms with van der Waals surface area (Å²) in [6.45, 7) is 0.857. The number of amides is 2. The van der Waals surface area contributed by atoms with E-state index in [2.05, 4.69) is 10.3 Å². The highest BCUT2D eigenvalue weighted by Crippen LogP contribution is 2.34. The van der Waals surface area contributed by atoms with E-state index in [4.69, 9.17) is 11.6 Å². The summed E-state index contributed by atoms with van der Waals surface area (Å²) in [7, 11) is 0. The summed E-state index contributed by atoms with van der Waals surface area (Å²) in [6, 6.07) is 22.2. The molecule has 1 atom stereocenters. The molecule has 1 aromatic heterocycles. The van der Waals surface area contributed by atoms with Gasteiger partial charge in [0.2, 0.25) is 5.91 Å².